The third-order valence-electron chi connectivity index (χ3n) is 0. The fourth-order valence-electron chi connectivity index (χ4n) is 0. The molecular formula is C2H8NOP. The first-order valence-electron chi connectivity index (χ1n) is 1.34. The predicted molar refractivity (Wildman–Crippen MR) is 25.2 cm³/mol. The lowest BCUT2D eigenvalue weighted by molar-refractivity contribution is -0.696. The van der Waals surface area contributed by atoms with Crippen molar-refractivity contribution in [3.8, 4) is 0 Å². The molecule has 0 aromatic rings. The molecule has 0 saturated heterocycles. The maximum atomic E-state index is 10.0. The van der Waals surface area contributed by atoms with Gasteiger partial charge in [0.25, 0.3) is 0 Å². The van der Waals surface area contributed by atoms with Crippen LogP contribution in [-0.2, 0) is 0 Å². The fourth-order valence-corrected chi connectivity index (χ4v) is 0. The van der Waals surface area contributed by atoms with Crippen molar-refractivity contribution in [2.75, 3.05) is 14.1 Å². The summed E-state index contributed by atoms with van der Waals surface area (Å²) in [4.78, 5) is 0. The fraction of sp³-hybridized carbons (Fsp3) is 1.00. The molecule has 0 aromatic carbocycles. The minimum atomic E-state index is -0.333. The molecular weight excluding hydrogens is 85.0 g/mol. The van der Waals surface area contributed by atoms with Crippen LogP contribution in [0.2, 0.25) is 0 Å². The summed E-state index contributed by atoms with van der Waals surface area (Å²) in [6.45, 7) is 0. The van der Waals surface area contributed by atoms with Crippen LogP contribution in [0.15, 0.2) is 0 Å². The lowest BCUT2D eigenvalue weighted by Crippen LogP contribution is -2.15. The molecule has 0 aliphatic heterocycles. The Kier molecular flexibility index (Phi) is 1.30. The normalized spacial score (nSPS) is 12.0. The van der Waals surface area contributed by atoms with E-state index in [4.69, 9.17) is 0 Å². The smallest absolute Gasteiger partial charge is 0.0746 e. The first-order valence-corrected chi connectivity index (χ1v) is 1.85. The molecule has 5 heavy (non-hydrogen) atoms. The van der Waals surface area contributed by atoms with E-state index in [1.165, 1.54) is 14.1 Å². The van der Waals surface area contributed by atoms with Crippen molar-refractivity contribution < 1.29 is 4.42 Å². The van der Waals surface area contributed by atoms with E-state index in [0.717, 1.165) is 0 Å². The van der Waals surface area contributed by atoms with Gasteiger partial charge in [-0.05, 0) is 0 Å². The number of hydroxylamine groups is 2. The second-order valence-corrected chi connectivity index (χ2v) is 2.68. The Morgan fingerprint density at radius 2 is 1.60 bits per heavy atom. The molecule has 1 unspecified atom stereocenters. The molecule has 0 rings (SSSR count). The van der Waals surface area contributed by atoms with E-state index in [2.05, 4.69) is 9.39 Å². The highest BCUT2D eigenvalue weighted by molar-refractivity contribution is 7.08. The molecule has 0 amide bonds. The summed E-state index contributed by atoms with van der Waals surface area (Å²) in [5.41, 5.74) is 0. The third kappa shape index (κ3) is 196. The van der Waals surface area contributed by atoms with Gasteiger partial charge in [0, 0.05) is 0 Å². The van der Waals surface area contributed by atoms with Gasteiger partial charge in [0.15, 0.2) is 0 Å². The minimum absolute atomic E-state index is 0.333. The molecule has 0 radical (unpaired) electrons. The van der Waals surface area contributed by atoms with Crippen LogP contribution in [0.5, 0.6) is 0 Å². The van der Waals surface area contributed by atoms with Crippen LogP contribution in [0.1, 0.15) is 0 Å². The van der Waals surface area contributed by atoms with Crippen molar-refractivity contribution in [1.29, 1.82) is 0 Å². The Hall–Kier alpha value is 0.350. The summed E-state index contributed by atoms with van der Waals surface area (Å²) in [6.07, 6.45) is 0. The van der Waals surface area contributed by atoms with Crippen molar-refractivity contribution in [3.63, 3.8) is 0 Å². The van der Waals surface area contributed by atoms with Crippen LogP contribution in [0.3, 0.4) is 0 Å². The monoisotopic (exact) mass is 93.0 g/mol. The zero-order chi connectivity index (χ0) is 4.50. The summed E-state index contributed by atoms with van der Waals surface area (Å²) >= 11 is 0. The van der Waals surface area contributed by atoms with E-state index in [1.807, 2.05) is 0 Å². The van der Waals surface area contributed by atoms with Crippen LogP contribution in [-0.4, -0.2) is 18.5 Å². The van der Waals surface area contributed by atoms with Gasteiger partial charge < -0.3 is 9.62 Å². The molecule has 0 bridgehead atoms. The SMILES string of the molecule is C[N+](C)([O-])P. The van der Waals surface area contributed by atoms with Crippen LogP contribution in [0.4, 0.5) is 0 Å². The van der Waals surface area contributed by atoms with Crippen molar-refractivity contribution in [2.45, 2.75) is 0 Å². The zero-order valence-electron chi connectivity index (χ0n) is 3.43. The highest BCUT2D eigenvalue weighted by atomic mass is 31.0. The molecule has 0 aliphatic rings. The van der Waals surface area contributed by atoms with E-state index in [1.54, 1.807) is 0 Å². The van der Waals surface area contributed by atoms with Gasteiger partial charge in [-0.25, -0.2) is 0 Å². The van der Waals surface area contributed by atoms with Crippen LogP contribution >= 0.6 is 9.39 Å². The highest BCUT2D eigenvalue weighted by Gasteiger charge is 1.80. The number of hydrogen-bond donors (Lipinski definition) is 0. The minimum Gasteiger partial charge on any atom is -0.632 e. The van der Waals surface area contributed by atoms with Crippen LogP contribution in [0, 0.1) is 5.21 Å². The van der Waals surface area contributed by atoms with Crippen molar-refractivity contribution in [2.24, 2.45) is 0 Å². The molecule has 3 heteroatoms. The number of nitrogens with zero attached hydrogens (tertiary/aromatic N) is 1. The van der Waals surface area contributed by atoms with E-state index >= 15 is 0 Å². The van der Waals surface area contributed by atoms with E-state index < -0.39 is 0 Å². The van der Waals surface area contributed by atoms with Crippen LogP contribution in [0.25, 0.3) is 0 Å². The van der Waals surface area contributed by atoms with Crippen molar-refractivity contribution in [3.05, 3.63) is 5.21 Å². The molecule has 0 aliphatic carbocycles. The van der Waals surface area contributed by atoms with E-state index in [0.29, 0.717) is 0 Å². The summed E-state index contributed by atoms with van der Waals surface area (Å²) in [5, 5.41) is 10.0. The Morgan fingerprint density at radius 1 is 1.60 bits per heavy atom. The highest BCUT2D eigenvalue weighted by Crippen LogP contribution is 1.98. The van der Waals surface area contributed by atoms with Gasteiger partial charge in [-0.2, -0.15) is 0 Å². The Bertz CT molecular complexity index is 25.1. The zero-order valence-corrected chi connectivity index (χ0v) is 4.59. The molecule has 2 nitrogen and oxygen atoms in total. The van der Waals surface area contributed by atoms with Gasteiger partial charge in [0.1, 0.15) is 0 Å². The average molecular weight is 93.1 g/mol. The van der Waals surface area contributed by atoms with Gasteiger partial charge in [-0.3, -0.25) is 0 Å². The van der Waals surface area contributed by atoms with Gasteiger partial charge in [-0.1, -0.05) is 0 Å². The van der Waals surface area contributed by atoms with E-state index in [9.17, 15) is 5.21 Å². The first-order chi connectivity index (χ1) is 2.00. The molecule has 1 atom stereocenters. The number of hydrogen-bond acceptors (Lipinski definition) is 1. The lowest BCUT2D eigenvalue weighted by atomic mass is 11.2. The topological polar surface area (TPSA) is 23.1 Å². The van der Waals surface area contributed by atoms with Gasteiger partial charge >= 0.3 is 0 Å². The summed E-state index contributed by atoms with van der Waals surface area (Å²) in [7, 11) is 5.16. The first kappa shape index (κ1) is 5.35. The van der Waals surface area contributed by atoms with Gasteiger partial charge in [0.05, 0.1) is 23.5 Å². The maximum Gasteiger partial charge on any atom is 0.0746 e. The van der Waals surface area contributed by atoms with Crippen molar-refractivity contribution in [1.82, 2.24) is 0 Å². The third-order valence-corrected chi connectivity index (χ3v) is 0. The van der Waals surface area contributed by atoms with E-state index in [-0.39, 0.29) is 4.42 Å². The Balaban J connectivity index is 3.02. The second kappa shape index (κ2) is 1.21. The largest absolute Gasteiger partial charge is 0.632 e. The van der Waals surface area contributed by atoms with Gasteiger partial charge in [-0.15, -0.1) is 0 Å². The number of quaternary nitrogens is 1. The second-order valence-electron chi connectivity index (χ2n) is 1.43. The summed E-state index contributed by atoms with van der Waals surface area (Å²) < 4.78 is -0.333. The maximum absolute atomic E-state index is 10.0. The number of rotatable bonds is 0. The lowest BCUT2D eigenvalue weighted by Gasteiger charge is -2.26. The molecule has 32 valence electrons. The van der Waals surface area contributed by atoms with Gasteiger partial charge in [0.2, 0.25) is 0 Å². The summed E-state index contributed by atoms with van der Waals surface area (Å²) in [5.74, 6) is 0. The molecule has 0 fully saturated rings. The quantitative estimate of drug-likeness (QED) is 0.313. The molecule has 0 heterocycles. The average Bonchev–Trinajstić information content (AvgIpc) is 0.722. The van der Waals surface area contributed by atoms with Crippen LogP contribution < -0.4 is 0 Å². The predicted octanol–water partition coefficient (Wildman–Crippen LogP) is 0.351. The Labute approximate surface area is 34.2 Å². The standard InChI is InChI=1S/C2H8NOP/c1-3(2,4)5/h5H2,1-2H3. The Morgan fingerprint density at radius 3 is 1.60 bits per heavy atom. The molecule has 0 saturated carbocycles. The molecule has 0 N–H and O–H groups in total. The molecule has 0 aromatic heterocycles. The molecule has 0 spiro atoms. The van der Waals surface area contributed by atoms with Crippen molar-refractivity contribution >= 4 is 9.39 Å². The summed E-state index contributed by atoms with van der Waals surface area (Å²) in [6, 6.07) is 0.